The van der Waals surface area contributed by atoms with Crippen LogP contribution in [0, 0.1) is 0 Å². The van der Waals surface area contributed by atoms with Crippen LogP contribution in [0.5, 0.6) is 0 Å². The van der Waals surface area contributed by atoms with Gasteiger partial charge in [0.15, 0.2) is 0 Å². The van der Waals surface area contributed by atoms with Gasteiger partial charge in [-0.2, -0.15) is 0 Å². The topological polar surface area (TPSA) is 105 Å². The number of esters is 2. The van der Waals surface area contributed by atoms with Crippen LogP contribution in [0.3, 0.4) is 0 Å². The lowest BCUT2D eigenvalue weighted by atomic mass is 10.3. The second-order valence-electron chi connectivity index (χ2n) is 4.82. The van der Waals surface area contributed by atoms with Gasteiger partial charge >= 0.3 is 11.9 Å². The summed E-state index contributed by atoms with van der Waals surface area (Å²) >= 11 is 0. The summed E-state index contributed by atoms with van der Waals surface area (Å²) < 4.78 is 9.71. The number of carbonyl (C=O) groups excluding carboxylic acids is 2. The van der Waals surface area contributed by atoms with E-state index in [4.69, 9.17) is 20.9 Å². The van der Waals surface area contributed by atoms with Crippen LogP contribution in [0.25, 0.3) is 0 Å². The summed E-state index contributed by atoms with van der Waals surface area (Å²) in [6.07, 6.45) is 6.30. The summed E-state index contributed by atoms with van der Waals surface area (Å²) in [6, 6.07) is 0. The summed E-state index contributed by atoms with van der Waals surface area (Å²) in [6.45, 7) is 8.11. The standard InChI is InChI=1S/C12H20N2O4.C4H10/c1-9(13)7-11(15)17-5-3-4-6-18-12(16)8-10(2)14;1-3-4-2/h7-8H,3-6,13-14H2,1-2H3;3-4H2,1-2H3/b9-7-,10-8-;. The predicted octanol–water partition coefficient (Wildman–Crippen LogP) is 2.38. The van der Waals surface area contributed by atoms with Gasteiger partial charge < -0.3 is 20.9 Å². The van der Waals surface area contributed by atoms with Gasteiger partial charge in [0.05, 0.1) is 13.2 Å². The van der Waals surface area contributed by atoms with Gasteiger partial charge in [-0.15, -0.1) is 0 Å². The Morgan fingerprint density at radius 1 is 0.818 bits per heavy atom. The Kier molecular flexibility index (Phi) is 15.6. The van der Waals surface area contributed by atoms with Gasteiger partial charge in [0.2, 0.25) is 0 Å². The average Bonchev–Trinajstić information content (AvgIpc) is 2.41. The normalized spacial score (nSPS) is 11.3. The molecular weight excluding hydrogens is 284 g/mol. The highest BCUT2D eigenvalue weighted by Crippen LogP contribution is 1.95. The molecule has 6 heteroatoms. The molecule has 0 atom stereocenters. The molecule has 0 rings (SSSR count). The van der Waals surface area contributed by atoms with E-state index in [1.165, 1.54) is 25.0 Å². The molecule has 0 heterocycles. The molecule has 0 spiro atoms. The lowest BCUT2D eigenvalue weighted by Gasteiger charge is -2.03. The zero-order valence-corrected chi connectivity index (χ0v) is 14.2. The highest BCUT2D eigenvalue weighted by atomic mass is 16.5. The second kappa shape index (κ2) is 15.4. The first-order valence-corrected chi connectivity index (χ1v) is 7.54. The van der Waals surface area contributed by atoms with Crippen LogP contribution in [-0.2, 0) is 19.1 Å². The van der Waals surface area contributed by atoms with E-state index in [0.29, 0.717) is 24.2 Å². The highest BCUT2D eigenvalue weighted by molar-refractivity contribution is 5.82. The van der Waals surface area contributed by atoms with Gasteiger partial charge in [0.1, 0.15) is 0 Å². The molecule has 0 aliphatic rings. The van der Waals surface area contributed by atoms with E-state index in [-0.39, 0.29) is 13.2 Å². The summed E-state index contributed by atoms with van der Waals surface area (Å²) in [5.74, 6) is -0.928. The molecule has 0 bridgehead atoms. The Balaban J connectivity index is 0. The molecule has 0 aliphatic carbocycles. The third-order valence-electron chi connectivity index (χ3n) is 2.22. The van der Waals surface area contributed by atoms with Gasteiger partial charge in [-0.25, -0.2) is 9.59 Å². The van der Waals surface area contributed by atoms with Crippen molar-refractivity contribution in [1.29, 1.82) is 0 Å². The van der Waals surface area contributed by atoms with Crippen molar-refractivity contribution >= 4 is 11.9 Å². The Hall–Kier alpha value is -1.98. The van der Waals surface area contributed by atoms with E-state index < -0.39 is 11.9 Å². The number of rotatable bonds is 8. The van der Waals surface area contributed by atoms with Gasteiger partial charge in [-0.05, 0) is 26.7 Å². The fraction of sp³-hybridized carbons (Fsp3) is 0.625. The minimum Gasteiger partial charge on any atom is -0.462 e. The first-order chi connectivity index (χ1) is 10.3. The van der Waals surface area contributed by atoms with Crippen LogP contribution in [0.2, 0.25) is 0 Å². The monoisotopic (exact) mass is 314 g/mol. The minimum absolute atomic E-state index is 0.270. The molecule has 0 saturated carbocycles. The van der Waals surface area contributed by atoms with Gasteiger partial charge in [-0.1, -0.05) is 26.7 Å². The van der Waals surface area contributed by atoms with E-state index in [9.17, 15) is 9.59 Å². The number of unbranched alkanes of at least 4 members (excludes halogenated alkanes) is 2. The van der Waals surface area contributed by atoms with Crippen molar-refractivity contribution in [3.05, 3.63) is 23.5 Å². The number of hydrogen-bond donors (Lipinski definition) is 2. The maximum absolute atomic E-state index is 11.0. The molecule has 0 aliphatic heterocycles. The van der Waals surface area contributed by atoms with Crippen LogP contribution >= 0.6 is 0 Å². The first-order valence-electron chi connectivity index (χ1n) is 7.54. The average molecular weight is 314 g/mol. The van der Waals surface area contributed by atoms with E-state index in [1.807, 2.05) is 0 Å². The van der Waals surface area contributed by atoms with E-state index in [1.54, 1.807) is 13.8 Å². The smallest absolute Gasteiger partial charge is 0.332 e. The number of ether oxygens (including phenoxy) is 2. The number of nitrogens with two attached hydrogens (primary N) is 2. The maximum atomic E-state index is 11.0. The Bertz CT molecular complexity index is 332. The van der Waals surface area contributed by atoms with Gasteiger partial charge in [0, 0.05) is 23.5 Å². The SMILES string of the molecule is C/C(N)=C/C(=O)OCCCCOC(=O)/C=C(/C)N.CCCC. The quantitative estimate of drug-likeness (QED) is 0.405. The van der Waals surface area contributed by atoms with Gasteiger partial charge in [-0.3, -0.25) is 0 Å². The summed E-state index contributed by atoms with van der Waals surface area (Å²) in [5.41, 5.74) is 11.4. The lowest BCUT2D eigenvalue weighted by molar-refractivity contribution is -0.140. The van der Waals surface area contributed by atoms with Crippen molar-refractivity contribution in [2.45, 2.75) is 53.4 Å². The predicted molar refractivity (Wildman–Crippen MR) is 87.6 cm³/mol. The van der Waals surface area contributed by atoms with Crippen molar-refractivity contribution in [3.8, 4) is 0 Å². The first kappa shape index (κ1) is 22.3. The fourth-order valence-corrected chi connectivity index (χ4v) is 1.00. The van der Waals surface area contributed by atoms with E-state index in [0.717, 1.165) is 0 Å². The molecule has 0 fully saturated rings. The largest absolute Gasteiger partial charge is 0.462 e. The molecular formula is C16H30N2O4. The summed E-state index contributed by atoms with van der Waals surface area (Å²) in [7, 11) is 0. The van der Waals surface area contributed by atoms with E-state index >= 15 is 0 Å². The maximum Gasteiger partial charge on any atom is 0.332 e. The van der Waals surface area contributed by atoms with Crippen molar-refractivity contribution in [1.82, 2.24) is 0 Å². The van der Waals surface area contributed by atoms with Crippen LogP contribution < -0.4 is 11.5 Å². The summed E-state index contributed by atoms with van der Waals surface area (Å²) in [5, 5.41) is 0. The highest BCUT2D eigenvalue weighted by Gasteiger charge is 2.00. The molecule has 0 aromatic carbocycles. The Morgan fingerprint density at radius 3 is 1.36 bits per heavy atom. The molecule has 0 aromatic heterocycles. The van der Waals surface area contributed by atoms with E-state index in [2.05, 4.69) is 13.8 Å². The van der Waals surface area contributed by atoms with Crippen molar-refractivity contribution in [2.75, 3.05) is 13.2 Å². The minimum atomic E-state index is -0.464. The second-order valence-corrected chi connectivity index (χ2v) is 4.82. The Morgan fingerprint density at radius 2 is 1.14 bits per heavy atom. The summed E-state index contributed by atoms with van der Waals surface area (Å²) in [4.78, 5) is 22.1. The third-order valence-corrected chi connectivity index (χ3v) is 2.22. The molecule has 22 heavy (non-hydrogen) atoms. The third kappa shape index (κ3) is 20.3. The van der Waals surface area contributed by atoms with Crippen LogP contribution in [-0.4, -0.2) is 25.2 Å². The molecule has 4 N–H and O–H groups in total. The van der Waals surface area contributed by atoms with Crippen molar-refractivity contribution < 1.29 is 19.1 Å². The molecule has 128 valence electrons. The van der Waals surface area contributed by atoms with Crippen LogP contribution in [0.4, 0.5) is 0 Å². The zero-order chi connectivity index (χ0) is 17.4. The van der Waals surface area contributed by atoms with Crippen LogP contribution in [0.1, 0.15) is 53.4 Å². The number of carbonyl (C=O) groups is 2. The molecule has 0 amide bonds. The molecule has 0 unspecified atom stereocenters. The number of allylic oxidation sites excluding steroid dienone is 2. The molecule has 0 saturated heterocycles. The van der Waals surface area contributed by atoms with Crippen molar-refractivity contribution in [2.24, 2.45) is 11.5 Å². The van der Waals surface area contributed by atoms with Crippen LogP contribution in [0.15, 0.2) is 23.5 Å². The van der Waals surface area contributed by atoms with Crippen molar-refractivity contribution in [3.63, 3.8) is 0 Å². The number of hydrogen-bond acceptors (Lipinski definition) is 6. The lowest BCUT2D eigenvalue weighted by Crippen LogP contribution is -2.08. The molecule has 6 nitrogen and oxygen atoms in total. The van der Waals surface area contributed by atoms with Gasteiger partial charge in [0.25, 0.3) is 0 Å². The fourth-order valence-electron chi connectivity index (χ4n) is 1.00. The Labute approximate surface area is 133 Å². The molecule has 0 aromatic rings. The zero-order valence-electron chi connectivity index (χ0n) is 14.2. The molecule has 0 radical (unpaired) electrons.